The Morgan fingerprint density at radius 3 is 2.71 bits per heavy atom. The average Bonchev–Trinajstić information content (AvgIpc) is 2.08. The minimum Gasteiger partial charge on any atom is -0.379 e. The van der Waals surface area contributed by atoms with Crippen molar-refractivity contribution in [1.29, 1.82) is 0 Å². The molecule has 84 valence electrons. The van der Waals surface area contributed by atoms with E-state index < -0.39 is 0 Å². The fraction of sp³-hybridized carbons (Fsp3) is 1.00. The van der Waals surface area contributed by atoms with Gasteiger partial charge in [-0.3, -0.25) is 4.90 Å². The standard InChI is InChI=1S/C11H24N2O/c1-9-7-14-6-5-13(9)8-11(3,4)10(2)12/h9-10H,5-8,12H2,1-4H3. The lowest BCUT2D eigenvalue weighted by Gasteiger charge is -2.40. The Morgan fingerprint density at radius 1 is 1.57 bits per heavy atom. The number of nitrogens with zero attached hydrogens (tertiary/aromatic N) is 1. The summed E-state index contributed by atoms with van der Waals surface area (Å²) < 4.78 is 5.41. The third kappa shape index (κ3) is 2.94. The molecule has 2 N–H and O–H groups in total. The van der Waals surface area contributed by atoms with Gasteiger partial charge in [0, 0.05) is 25.2 Å². The summed E-state index contributed by atoms with van der Waals surface area (Å²) in [6.07, 6.45) is 0. The number of hydrogen-bond donors (Lipinski definition) is 1. The summed E-state index contributed by atoms with van der Waals surface area (Å²) in [5.41, 5.74) is 6.16. The molecule has 3 heteroatoms. The largest absolute Gasteiger partial charge is 0.379 e. The molecule has 0 amide bonds. The fourth-order valence-electron chi connectivity index (χ4n) is 1.66. The van der Waals surface area contributed by atoms with Gasteiger partial charge in [0.25, 0.3) is 0 Å². The van der Waals surface area contributed by atoms with Crippen LogP contribution in [0, 0.1) is 5.41 Å². The minimum atomic E-state index is 0.186. The molecule has 0 radical (unpaired) electrons. The van der Waals surface area contributed by atoms with Gasteiger partial charge in [-0.15, -0.1) is 0 Å². The molecule has 1 fully saturated rings. The Balaban J connectivity index is 2.49. The maximum atomic E-state index is 5.97. The highest BCUT2D eigenvalue weighted by atomic mass is 16.5. The van der Waals surface area contributed by atoms with E-state index in [1.807, 2.05) is 0 Å². The summed E-state index contributed by atoms with van der Waals surface area (Å²) in [4.78, 5) is 2.48. The molecule has 0 spiro atoms. The van der Waals surface area contributed by atoms with Crippen LogP contribution >= 0.6 is 0 Å². The van der Waals surface area contributed by atoms with Crippen LogP contribution in [0.5, 0.6) is 0 Å². The van der Waals surface area contributed by atoms with E-state index in [4.69, 9.17) is 10.5 Å². The van der Waals surface area contributed by atoms with Gasteiger partial charge >= 0.3 is 0 Å². The van der Waals surface area contributed by atoms with Crippen molar-refractivity contribution in [2.75, 3.05) is 26.3 Å². The predicted molar refractivity (Wildman–Crippen MR) is 59.3 cm³/mol. The van der Waals surface area contributed by atoms with Gasteiger partial charge in [0.15, 0.2) is 0 Å². The van der Waals surface area contributed by atoms with Crippen LogP contribution in [0.2, 0.25) is 0 Å². The Kier molecular flexibility index (Phi) is 3.93. The predicted octanol–water partition coefficient (Wildman–Crippen LogP) is 1.08. The molecule has 2 unspecified atom stereocenters. The van der Waals surface area contributed by atoms with Gasteiger partial charge in [-0.05, 0) is 19.3 Å². The molecule has 3 nitrogen and oxygen atoms in total. The van der Waals surface area contributed by atoms with E-state index >= 15 is 0 Å². The fourth-order valence-corrected chi connectivity index (χ4v) is 1.66. The zero-order valence-corrected chi connectivity index (χ0v) is 9.92. The maximum absolute atomic E-state index is 5.97. The van der Waals surface area contributed by atoms with E-state index in [1.54, 1.807) is 0 Å². The van der Waals surface area contributed by atoms with Gasteiger partial charge in [0.05, 0.1) is 13.2 Å². The van der Waals surface area contributed by atoms with Crippen LogP contribution in [-0.2, 0) is 4.74 Å². The second-order valence-electron chi connectivity index (χ2n) is 5.17. The van der Waals surface area contributed by atoms with Crippen molar-refractivity contribution in [3.8, 4) is 0 Å². The number of morpholine rings is 1. The van der Waals surface area contributed by atoms with Crippen LogP contribution in [0.25, 0.3) is 0 Å². The van der Waals surface area contributed by atoms with Crippen LogP contribution in [0.15, 0.2) is 0 Å². The summed E-state index contributed by atoms with van der Waals surface area (Å²) in [5, 5.41) is 0. The third-order valence-corrected chi connectivity index (χ3v) is 3.35. The topological polar surface area (TPSA) is 38.5 Å². The zero-order valence-electron chi connectivity index (χ0n) is 9.92. The number of rotatable bonds is 3. The maximum Gasteiger partial charge on any atom is 0.0619 e. The lowest BCUT2D eigenvalue weighted by Crippen LogP contribution is -2.51. The monoisotopic (exact) mass is 200 g/mol. The summed E-state index contributed by atoms with van der Waals surface area (Å²) in [7, 11) is 0. The minimum absolute atomic E-state index is 0.186. The van der Waals surface area contributed by atoms with Crippen LogP contribution in [-0.4, -0.2) is 43.3 Å². The Morgan fingerprint density at radius 2 is 2.21 bits per heavy atom. The van der Waals surface area contributed by atoms with Crippen molar-refractivity contribution in [2.45, 2.75) is 39.8 Å². The molecule has 1 heterocycles. The second-order valence-corrected chi connectivity index (χ2v) is 5.17. The molecule has 2 atom stereocenters. The normalized spacial score (nSPS) is 27.6. The first-order chi connectivity index (χ1) is 6.43. The molecule has 0 aliphatic carbocycles. The highest BCUT2D eigenvalue weighted by Gasteiger charge is 2.29. The highest BCUT2D eigenvalue weighted by Crippen LogP contribution is 2.22. The quantitative estimate of drug-likeness (QED) is 0.741. The molecule has 0 aromatic heterocycles. The first-order valence-corrected chi connectivity index (χ1v) is 5.51. The molecule has 14 heavy (non-hydrogen) atoms. The van der Waals surface area contributed by atoms with Crippen molar-refractivity contribution in [3.63, 3.8) is 0 Å². The van der Waals surface area contributed by atoms with E-state index in [0.717, 1.165) is 26.3 Å². The SMILES string of the molecule is CC1COCCN1CC(C)(C)C(C)N. The van der Waals surface area contributed by atoms with Crippen molar-refractivity contribution in [2.24, 2.45) is 11.1 Å². The van der Waals surface area contributed by atoms with Crippen LogP contribution in [0.3, 0.4) is 0 Å². The van der Waals surface area contributed by atoms with Gasteiger partial charge in [0.1, 0.15) is 0 Å². The molecule has 1 saturated heterocycles. The van der Waals surface area contributed by atoms with Gasteiger partial charge in [0.2, 0.25) is 0 Å². The van der Waals surface area contributed by atoms with E-state index in [-0.39, 0.29) is 11.5 Å². The average molecular weight is 200 g/mol. The third-order valence-electron chi connectivity index (χ3n) is 3.35. The van der Waals surface area contributed by atoms with Gasteiger partial charge in [-0.25, -0.2) is 0 Å². The molecule has 0 aromatic carbocycles. The zero-order chi connectivity index (χ0) is 10.8. The molecule has 1 aliphatic heterocycles. The molecule has 0 bridgehead atoms. The Hall–Kier alpha value is -0.120. The van der Waals surface area contributed by atoms with Crippen molar-refractivity contribution < 1.29 is 4.74 Å². The highest BCUT2D eigenvalue weighted by molar-refractivity contribution is 4.84. The van der Waals surface area contributed by atoms with E-state index in [2.05, 4.69) is 32.6 Å². The summed E-state index contributed by atoms with van der Waals surface area (Å²) in [5.74, 6) is 0. The number of nitrogens with two attached hydrogens (primary N) is 1. The van der Waals surface area contributed by atoms with Gasteiger partial charge < -0.3 is 10.5 Å². The molecule has 1 aliphatic rings. The van der Waals surface area contributed by atoms with E-state index in [0.29, 0.717) is 6.04 Å². The molecular formula is C11H24N2O. The van der Waals surface area contributed by atoms with Crippen molar-refractivity contribution in [3.05, 3.63) is 0 Å². The number of ether oxygens (including phenoxy) is 1. The second kappa shape index (κ2) is 4.60. The van der Waals surface area contributed by atoms with Gasteiger partial charge in [-0.2, -0.15) is 0 Å². The van der Waals surface area contributed by atoms with Crippen molar-refractivity contribution in [1.82, 2.24) is 4.90 Å². The summed E-state index contributed by atoms with van der Waals surface area (Å²) >= 11 is 0. The van der Waals surface area contributed by atoms with Crippen LogP contribution in [0.1, 0.15) is 27.7 Å². The van der Waals surface area contributed by atoms with Crippen molar-refractivity contribution >= 4 is 0 Å². The molecule has 0 aromatic rings. The first-order valence-electron chi connectivity index (χ1n) is 5.51. The number of hydrogen-bond acceptors (Lipinski definition) is 3. The first kappa shape index (κ1) is 12.0. The Bertz CT molecular complexity index is 180. The molecular weight excluding hydrogens is 176 g/mol. The lowest BCUT2D eigenvalue weighted by molar-refractivity contribution is -0.0184. The summed E-state index contributed by atoms with van der Waals surface area (Å²) in [6.45, 7) is 12.6. The van der Waals surface area contributed by atoms with E-state index in [9.17, 15) is 0 Å². The lowest BCUT2D eigenvalue weighted by atomic mass is 9.85. The molecule has 1 rings (SSSR count). The molecule has 0 saturated carbocycles. The van der Waals surface area contributed by atoms with Gasteiger partial charge in [-0.1, -0.05) is 13.8 Å². The Labute approximate surface area is 87.6 Å². The van der Waals surface area contributed by atoms with Crippen LogP contribution < -0.4 is 5.73 Å². The van der Waals surface area contributed by atoms with E-state index in [1.165, 1.54) is 0 Å². The summed E-state index contributed by atoms with van der Waals surface area (Å²) in [6, 6.07) is 0.763. The van der Waals surface area contributed by atoms with Crippen LogP contribution in [0.4, 0.5) is 0 Å². The smallest absolute Gasteiger partial charge is 0.0619 e.